The minimum absolute atomic E-state index is 0.250. The first kappa shape index (κ1) is 13.8. The van der Waals surface area contributed by atoms with Gasteiger partial charge in [-0.3, -0.25) is 4.79 Å². The van der Waals surface area contributed by atoms with E-state index < -0.39 is 0 Å². The highest BCUT2D eigenvalue weighted by Gasteiger charge is 2.14. The summed E-state index contributed by atoms with van der Waals surface area (Å²) in [5, 5.41) is 13.4. The summed E-state index contributed by atoms with van der Waals surface area (Å²) < 4.78 is 6.55. The molecule has 0 bridgehead atoms. The number of aryl methyl sites for hydroxylation is 2. The zero-order valence-corrected chi connectivity index (χ0v) is 11.7. The largest absolute Gasteiger partial charge is 0.496 e. The SMILES string of the molecule is CCc1ccc(OC)c(-c2nn(C)c(=O)cc2C#N)c1. The van der Waals surface area contributed by atoms with Crippen molar-refractivity contribution in [3.05, 3.63) is 45.7 Å². The van der Waals surface area contributed by atoms with Crippen LogP contribution in [-0.2, 0) is 13.5 Å². The van der Waals surface area contributed by atoms with Crippen molar-refractivity contribution >= 4 is 0 Å². The van der Waals surface area contributed by atoms with Crippen LogP contribution in [0, 0.1) is 11.3 Å². The minimum Gasteiger partial charge on any atom is -0.496 e. The maximum atomic E-state index is 11.6. The summed E-state index contributed by atoms with van der Waals surface area (Å²) in [6.07, 6.45) is 0.866. The summed E-state index contributed by atoms with van der Waals surface area (Å²) in [7, 11) is 3.13. The van der Waals surface area contributed by atoms with Gasteiger partial charge < -0.3 is 4.74 Å². The number of hydrogen-bond acceptors (Lipinski definition) is 4. The van der Waals surface area contributed by atoms with Crippen molar-refractivity contribution in [1.29, 1.82) is 5.26 Å². The Morgan fingerprint density at radius 3 is 2.75 bits per heavy atom. The molecule has 0 fully saturated rings. The van der Waals surface area contributed by atoms with Crippen molar-refractivity contribution in [1.82, 2.24) is 9.78 Å². The molecule has 0 saturated carbocycles. The molecule has 1 heterocycles. The molecule has 1 aromatic heterocycles. The molecule has 0 aliphatic rings. The number of nitriles is 1. The van der Waals surface area contributed by atoms with Gasteiger partial charge in [-0.25, -0.2) is 4.68 Å². The van der Waals surface area contributed by atoms with Crippen molar-refractivity contribution in [2.75, 3.05) is 7.11 Å². The van der Waals surface area contributed by atoms with Gasteiger partial charge in [0.2, 0.25) is 0 Å². The van der Waals surface area contributed by atoms with E-state index in [1.54, 1.807) is 14.2 Å². The maximum absolute atomic E-state index is 11.6. The molecule has 1 aromatic carbocycles. The van der Waals surface area contributed by atoms with Crippen molar-refractivity contribution in [2.45, 2.75) is 13.3 Å². The predicted molar refractivity (Wildman–Crippen MR) is 75.6 cm³/mol. The lowest BCUT2D eigenvalue weighted by Gasteiger charge is -2.11. The van der Waals surface area contributed by atoms with Crippen LogP contribution in [0.15, 0.2) is 29.1 Å². The van der Waals surface area contributed by atoms with E-state index >= 15 is 0 Å². The lowest BCUT2D eigenvalue weighted by atomic mass is 10.0. The molecule has 0 unspecified atom stereocenters. The van der Waals surface area contributed by atoms with Gasteiger partial charge in [0.15, 0.2) is 0 Å². The highest BCUT2D eigenvalue weighted by Crippen LogP contribution is 2.31. The molecule has 5 heteroatoms. The van der Waals surface area contributed by atoms with Gasteiger partial charge in [-0.05, 0) is 24.1 Å². The summed E-state index contributed by atoms with van der Waals surface area (Å²) >= 11 is 0. The fourth-order valence-corrected chi connectivity index (χ4v) is 1.98. The third kappa shape index (κ3) is 2.41. The highest BCUT2D eigenvalue weighted by molar-refractivity contribution is 5.72. The smallest absolute Gasteiger partial charge is 0.267 e. The number of ether oxygens (including phenoxy) is 1. The molecule has 0 N–H and O–H groups in total. The number of methoxy groups -OCH3 is 1. The molecule has 0 saturated heterocycles. The number of aromatic nitrogens is 2. The van der Waals surface area contributed by atoms with Gasteiger partial charge >= 0.3 is 0 Å². The fourth-order valence-electron chi connectivity index (χ4n) is 1.98. The summed E-state index contributed by atoms with van der Waals surface area (Å²) in [5.74, 6) is 0.629. The van der Waals surface area contributed by atoms with E-state index in [1.165, 1.54) is 10.7 Å². The van der Waals surface area contributed by atoms with Crippen LogP contribution in [0.4, 0.5) is 0 Å². The van der Waals surface area contributed by atoms with E-state index in [9.17, 15) is 10.1 Å². The van der Waals surface area contributed by atoms with Crippen LogP contribution in [-0.4, -0.2) is 16.9 Å². The lowest BCUT2D eigenvalue weighted by molar-refractivity contribution is 0.416. The third-order valence-electron chi connectivity index (χ3n) is 3.14. The first-order valence-electron chi connectivity index (χ1n) is 6.26. The van der Waals surface area contributed by atoms with E-state index in [2.05, 4.69) is 5.10 Å². The average molecular weight is 269 g/mol. The normalized spacial score (nSPS) is 10.1. The Morgan fingerprint density at radius 1 is 1.40 bits per heavy atom. The van der Waals surface area contributed by atoms with Crippen LogP contribution in [0.2, 0.25) is 0 Å². The summed E-state index contributed by atoms with van der Waals surface area (Å²) in [4.78, 5) is 11.6. The fraction of sp³-hybridized carbons (Fsp3) is 0.267. The first-order chi connectivity index (χ1) is 9.60. The Bertz CT molecular complexity index is 742. The van der Waals surface area contributed by atoms with Crippen LogP contribution >= 0.6 is 0 Å². The predicted octanol–water partition coefficient (Wildman–Crippen LogP) is 1.89. The molecular weight excluding hydrogens is 254 g/mol. The Hall–Kier alpha value is -2.61. The number of hydrogen-bond donors (Lipinski definition) is 0. The van der Waals surface area contributed by atoms with E-state index in [1.807, 2.05) is 31.2 Å². The number of nitrogens with zero attached hydrogens (tertiary/aromatic N) is 3. The van der Waals surface area contributed by atoms with Gasteiger partial charge in [-0.2, -0.15) is 10.4 Å². The molecule has 5 nitrogen and oxygen atoms in total. The van der Waals surface area contributed by atoms with Gasteiger partial charge in [0.1, 0.15) is 17.5 Å². The summed E-state index contributed by atoms with van der Waals surface area (Å²) in [5.41, 5.74) is 2.23. The monoisotopic (exact) mass is 269 g/mol. The third-order valence-corrected chi connectivity index (χ3v) is 3.14. The lowest BCUT2D eigenvalue weighted by Crippen LogP contribution is -2.20. The molecule has 2 aromatic rings. The van der Waals surface area contributed by atoms with Crippen LogP contribution in [0.3, 0.4) is 0 Å². The molecule has 0 atom stereocenters. The van der Waals surface area contributed by atoms with Crippen molar-refractivity contribution < 1.29 is 4.74 Å². The minimum atomic E-state index is -0.309. The number of rotatable bonds is 3. The molecule has 0 aliphatic heterocycles. The Morgan fingerprint density at radius 2 is 2.15 bits per heavy atom. The molecule has 0 amide bonds. The van der Waals surface area contributed by atoms with E-state index in [0.717, 1.165) is 17.5 Å². The molecule has 0 radical (unpaired) electrons. The first-order valence-corrected chi connectivity index (χ1v) is 6.26. The molecule has 2 rings (SSSR count). The van der Waals surface area contributed by atoms with E-state index in [0.29, 0.717) is 11.4 Å². The van der Waals surface area contributed by atoms with Crippen LogP contribution in [0.1, 0.15) is 18.1 Å². The van der Waals surface area contributed by atoms with Gasteiger partial charge in [0.25, 0.3) is 5.56 Å². The quantitative estimate of drug-likeness (QED) is 0.853. The Labute approximate surface area is 117 Å². The second-order valence-corrected chi connectivity index (χ2v) is 4.37. The van der Waals surface area contributed by atoms with Gasteiger partial charge in [-0.15, -0.1) is 0 Å². The molecule has 20 heavy (non-hydrogen) atoms. The zero-order chi connectivity index (χ0) is 14.7. The van der Waals surface area contributed by atoms with Crippen molar-refractivity contribution in [2.24, 2.45) is 7.05 Å². The van der Waals surface area contributed by atoms with Crippen molar-refractivity contribution in [3.63, 3.8) is 0 Å². The second-order valence-electron chi connectivity index (χ2n) is 4.37. The van der Waals surface area contributed by atoms with Crippen LogP contribution in [0.25, 0.3) is 11.3 Å². The summed E-state index contributed by atoms with van der Waals surface area (Å²) in [6, 6.07) is 9.07. The second kappa shape index (κ2) is 5.57. The van der Waals surface area contributed by atoms with Crippen LogP contribution in [0.5, 0.6) is 5.75 Å². The van der Waals surface area contributed by atoms with Gasteiger partial charge in [-0.1, -0.05) is 13.0 Å². The van der Waals surface area contributed by atoms with Crippen molar-refractivity contribution in [3.8, 4) is 23.1 Å². The molecule has 0 aliphatic carbocycles. The van der Waals surface area contributed by atoms with Gasteiger partial charge in [0, 0.05) is 18.7 Å². The molecular formula is C15H15N3O2. The topological polar surface area (TPSA) is 67.9 Å². The standard InChI is InChI=1S/C15H15N3O2/c1-4-10-5-6-13(20-3)12(7-10)15-11(9-16)8-14(19)18(2)17-15/h5-8H,4H2,1-3H3. The van der Waals surface area contributed by atoms with Crippen LogP contribution < -0.4 is 10.3 Å². The van der Waals surface area contributed by atoms with E-state index in [4.69, 9.17) is 4.74 Å². The average Bonchev–Trinajstić information content (AvgIpc) is 2.48. The zero-order valence-electron chi connectivity index (χ0n) is 11.7. The Balaban J connectivity index is 2.76. The molecule has 0 spiro atoms. The van der Waals surface area contributed by atoms with E-state index in [-0.39, 0.29) is 11.1 Å². The maximum Gasteiger partial charge on any atom is 0.267 e. The number of benzene rings is 1. The summed E-state index contributed by atoms with van der Waals surface area (Å²) in [6.45, 7) is 2.05. The van der Waals surface area contributed by atoms with Gasteiger partial charge in [0.05, 0.1) is 12.7 Å². The highest BCUT2D eigenvalue weighted by atomic mass is 16.5. The Kier molecular flexibility index (Phi) is 3.85. The molecule has 102 valence electrons.